The summed E-state index contributed by atoms with van der Waals surface area (Å²) in [6.07, 6.45) is 4.68. The molecule has 1 fully saturated rings. The van der Waals surface area contributed by atoms with Crippen LogP contribution >= 0.6 is 0 Å². The van der Waals surface area contributed by atoms with Gasteiger partial charge < -0.3 is 19.2 Å². The second-order valence-electron chi connectivity index (χ2n) is 8.43. The lowest BCUT2D eigenvalue weighted by molar-refractivity contribution is -0.274. The van der Waals surface area contributed by atoms with E-state index < -0.39 is 6.36 Å². The maximum absolute atomic E-state index is 12.3. The zero-order valence-corrected chi connectivity index (χ0v) is 20.5. The summed E-state index contributed by atoms with van der Waals surface area (Å²) in [5.74, 6) is 1.14. The third-order valence-corrected chi connectivity index (χ3v) is 5.79. The summed E-state index contributed by atoms with van der Waals surface area (Å²) in [6.45, 7) is 5.41. The number of nitrogens with zero attached hydrogens (tertiary/aromatic N) is 6. The van der Waals surface area contributed by atoms with E-state index >= 15 is 0 Å². The van der Waals surface area contributed by atoms with Crippen molar-refractivity contribution >= 4 is 12.2 Å². The number of oxime groups is 1. The molecule has 196 valence electrons. The molecule has 4 rings (SSSR count). The smallest absolute Gasteiger partial charge is 0.474 e. The molecule has 1 saturated heterocycles. The first-order valence-electron chi connectivity index (χ1n) is 11.9. The van der Waals surface area contributed by atoms with Crippen molar-refractivity contribution in [3.8, 4) is 17.5 Å². The fraction of sp³-hybridized carbons (Fsp3) is 0.400. The Labute approximate surface area is 212 Å². The number of hydrogen-bond donors (Lipinski definition) is 0. The molecule has 1 aliphatic heterocycles. The van der Waals surface area contributed by atoms with Crippen molar-refractivity contribution < 1.29 is 27.5 Å². The van der Waals surface area contributed by atoms with Gasteiger partial charge in [0.2, 0.25) is 11.8 Å². The van der Waals surface area contributed by atoms with Crippen molar-refractivity contribution in [3.63, 3.8) is 0 Å². The lowest BCUT2D eigenvalue weighted by Gasteiger charge is -2.32. The van der Waals surface area contributed by atoms with Gasteiger partial charge in [-0.15, -0.1) is 13.2 Å². The molecular weight excluding hydrogens is 489 g/mol. The SMILES string of the molecule is CCc1cnc(N2CCC(Oc3ncnc(ON=CCc4ccc(OC(F)(F)F)cc4)c3C)CC2)nc1. The van der Waals surface area contributed by atoms with Gasteiger partial charge in [-0.05, 0) is 36.6 Å². The summed E-state index contributed by atoms with van der Waals surface area (Å²) in [6, 6.07) is 5.53. The molecule has 2 aromatic heterocycles. The van der Waals surface area contributed by atoms with E-state index in [-0.39, 0.29) is 17.7 Å². The normalized spacial score (nSPS) is 14.7. The van der Waals surface area contributed by atoms with Gasteiger partial charge in [-0.1, -0.05) is 24.2 Å². The largest absolute Gasteiger partial charge is 0.573 e. The second kappa shape index (κ2) is 11.8. The molecule has 0 unspecified atom stereocenters. The highest BCUT2D eigenvalue weighted by Gasteiger charge is 2.31. The Morgan fingerprint density at radius 2 is 1.68 bits per heavy atom. The highest BCUT2D eigenvalue weighted by Crippen LogP contribution is 2.27. The Kier molecular flexibility index (Phi) is 8.36. The minimum Gasteiger partial charge on any atom is -0.474 e. The molecule has 3 heterocycles. The fourth-order valence-corrected chi connectivity index (χ4v) is 3.71. The Morgan fingerprint density at radius 3 is 2.32 bits per heavy atom. The van der Waals surface area contributed by atoms with Crippen LogP contribution < -0.4 is 19.2 Å². The molecule has 37 heavy (non-hydrogen) atoms. The van der Waals surface area contributed by atoms with Gasteiger partial charge in [-0.2, -0.15) is 4.98 Å². The molecule has 0 radical (unpaired) electrons. The molecule has 1 aliphatic rings. The van der Waals surface area contributed by atoms with E-state index in [1.54, 1.807) is 6.92 Å². The van der Waals surface area contributed by atoms with E-state index in [1.165, 1.54) is 36.8 Å². The number of piperidine rings is 1. The standard InChI is InChI=1S/C25H27F3N6O3/c1-3-18-14-29-24(30-15-18)34-12-9-20(10-13-34)35-22-17(2)23(32-16-31-22)37-33-11-8-19-4-6-21(7-5-19)36-25(26,27)28/h4-7,11,14-16,20H,3,8-10,12-13H2,1-2H3. The highest BCUT2D eigenvalue weighted by atomic mass is 19.4. The predicted molar refractivity (Wildman–Crippen MR) is 130 cm³/mol. The van der Waals surface area contributed by atoms with Crippen LogP contribution in [-0.2, 0) is 12.8 Å². The number of halogens is 3. The van der Waals surface area contributed by atoms with E-state index in [0.717, 1.165) is 49.4 Å². The van der Waals surface area contributed by atoms with Gasteiger partial charge in [0.25, 0.3) is 5.88 Å². The monoisotopic (exact) mass is 516 g/mol. The van der Waals surface area contributed by atoms with Gasteiger partial charge in [0.1, 0.15) is 18.2 Å². The summed E-state index contributed by atoms with van der Waals surface area (Å²) in [7, 11) is 0. The van der Waals surface area contributed by atoms with E-state index in [9.17, 15) is 13.2 Å². The molecule has 0 saturated carbocycles. The fourth-order valence-electron chi connectivity index (χ4n) is 3.71. The molecule has 9 nitrogen and oxygen atoms in total. The van der Waals surface area contributed by atoms with Gasteiger partial charge in [0, 0.05) is 51.0 Å². The second-order valence-corrected chi connectivity index (χ2v) is 8.43. The van der Waals surface area contributed by atoms with Gasteiger partial charge in [-0.25, -0.2) is 15.0 Å². The van der Waals surface area contributed by atoms with Gasteiger partial charge in [0.05, 0.1) is 5.56 Å². The van der Waals surface area contributed by atoms with Crippen LogP contribution in [0.15, 0.2) is 48.1 Å². The number of hydrogen-bond acceptors (Lipinski definition) is 9. The molecule has 0 bridgehead atoms. The summed E-state index contributed by atoms with van der Waals surface area (Å²) >= 11 is 0. The van der Waals surface area contributed by atoms with E-state index in [2.05, 4.69) is 41.7 Å². The summed E-state index contributed by atoms with van der Waals surface area (Å²) in [5, 5.41) is 3.92. The number of anilines is 1. The predicted octanol–water partition coefficient (Wildman–Crippen LogP) is 4.69. The minimum absolute atomic E-state index is 0.0135. The Hall–Kier alpha value is -3.96. The van der Waals surface area contributed by atoms with Crippen molar-refractivity contribution in [3.05, 3.63) is 59.7 Å². The van der Waals surface area contributed by atoms with Gasteiger partial charge in [-0.3, -0.25) is 0 Å². The molecule has 1 aromatic carbocycles. The first-order valence-corrected chi connectivity index (χ1v) is 11.9. The molecule has 0 aliphatic carbocycles. The first kappa shape index (κ1) is 26.1. The van der Waals surface area contributed by atoms with E-state index in [1.807, 2.05) is 12.4 Å². The van der Waals surface area contributed by atoms with Crippen LogP contribution in [0.25, 0.3) is 0 Å². The van der Waals surface area contributed by atoms with Crippen molar-refractivity contribution in [1.29, 1.82) is 0 Å². The van der Waals surface area contributed by atoms with Crippen molar-refractivity contribution in [2.24, 2.45) is 5.16 Å². The lowest BCUT2D eigenvalue weighted by Crippen LogP contribution is -2.39. The van der Waals surface area contributed by atoms with Crippen molar-refractivity contribution in [1.82, 2.24) is 19.9 Å². The molecule has 0 spiro atoms. The van der Waals surface area contributed by atoms with Crippen LogP contribution in [0.1, 0.15) is 36.5 Å². The Morgan fingerprint density at radius 1 is 1.00 bits per heavy atom. The quantitative estimate of drug-likeness (QED) is 0.299. The molecule has 0 N–H and O–H groups in total. The molecule has 3 aromatic rings. The average Bonchev–Trinajstić information content (AvgIpc) is 2.89. The van der Waals surface area contributed by atoms with Crippen LogP contribution in [-0.4, -0.2) is 51.7 Å². The topological polar surface area (TPSA) is 94.9 Å². The van der Waals surface area contributed by atoms with Crippen LogP contribution in [0.5, 0.6) is 17.5 Å². The number of aryl methyl sites for hydroxylation is 1. The van der Waals surface area contributed by atoms with Crippen LogP contribution in [0, 0.1) is 6.92 Å². The summed E-state index contributed by atoms with van der Waals surface area (Å²) in [4.78, 5) is 24.8. The third-order valence-electron chi connectivity index (χ3n) is 5.79. The van der Waals surface area contributed by atoms with E-state index in [0.29, 0.717) is 17.9 Å². The number of benzene rings is 1. The number of ether oxygens (including phenoxy) is 2. The summed E-state index contributed by atoms with van der Waals surface area (Å²) in [5.41, 5.74) is 2.47. The Balaban J connectivity index is 1.26. The molecular formula is C25H27F3N6O3. The molecule has 0 amide bonds. The maximum Gasteiger partial charge on any atom is 0.573 e. The number of rotatable bonds is 9. The highest BCUT2D eigenvalue weighted by molar-refractivity contribution is 5.61. The van der Waals surface area contributed by atoms with Gasteiger partial charge in [0.15, 0.2) is 0 Å². The third kappa shape index (κ3) is 7.51. The zero-order valence-electron chi connectivity index (χ0n) is 20.5. The maximum atomic E-state index is 12.3. The van der Waals surface area contributed by atoms with Crippen LogP contribution in [0.4, 0.5) is 19.1 Å². The van der Waals surface area contributed by atoms with Crippen LogP contribution in [0.3, 0.4) is 0 Å². The average molecular weight is 517 g/mol. The molecule has 0 atom stereocenters. The number of aromatic nitrogens is 4. The summed E-state index contributed by atoms with van der Waals surface area (Å²) < 4.78 is 46.8. The van der Waals surface area contributed by atoms with Crippen molar-refractivity contribution in [2.75, 3.05) is 18.0 Å². The Bertz CT molecular complexity index is 1180. The molecule has 12 heteroatoms. The minimum atomic E-state index is -4.72. The zero-order chi connectivity index (χ0) is 26.3. The van der Waals surface area contributed by atoms with Gasteiger partial charge >= 0.3 is 6.36 Å². The van der Waals surface area contributed by atoms with Crippen molar-refractivity contribution in [2.45, 2.75) is 52.0 Å². The lowest BCUT2D eigenvalue weighted by atomic mass is 10.1. The van der Waals surface area contributed by atoms with Crippen LogP contribution in [0.2, 0.25) is 0 Å². The first-order chi connectivity index (χ1) is 17.8. The van der Waals surface area contributed by atoms with E-state index in [4.69, 9.17) is 9.57 Å². The number of alkyl halides is 3.